The Balaban J connectivity index is 1.68. The van der Waals surface area contributed by atoms with Gasteiger partial charge in [0, 0.05) is 24.3 Å². The lowest BCUT2D eigenvalue weighted by Gasteiger charge is -2.22. The van der Waals surface area contributed by atoms with Gasteiger partial charge in [-0.05, 0) is 49.9 Å². The van der Waals surface area contributed by atoms with E-state index >= 15 is 0 Å². The maximum Gasteiger partial charge on any atom is 0.240 e. The molecule has 0 aliphatic carbocycles. The van der Waals surface area contributed by atoms with Crippen molar-refractivity contribution in [3.63, 3.8) is 0 Å². The van der Waals surface area contributed by atoms with E-state index < -0.39 is 0 Å². The van der Waals surface area contributed by atoms with E-state index in [1.807, 2.05) is 54.4 Å². The lowest BCUT2D eigenvalue weighted by atomic mass is 10.3. The number of halogens is 1. The summed E-state index contributed by atoms with van der Waals surface area (Å²) in [5.41, 5.74) is 0.905. The second kappa shape index (κ2) is 9.30. The van der Waals surface area contributed by atoms with Gasteiger partial charge in [0.15, 0.2) is 0 Å². The zero-order valence-corrected chi connectivity index (χ0v) is 14.9. The van der Waals surface area contributed by atoms with Crippen LogP contribution in [0.25, 0.3) is 0 Å². The van der Waals surface area contributed by atoms with Crippen molar-refractivity contribution in [3.8, 4) is 5.75 Å². The fourth-order valence-corrected chi connectivity index (χ4v) is 2.39. The summed E-state index contributed by atoms with van der Waals surface area (Å²) in [7, 11) is 3.74. The molecule has 2 rings (SSSR count). The second-order valence-corrected chi connectivity index (χ2v) is 6.12. The Labute approximate surface area is 148 Å². The van der Waals surface area contributed by atoms with Crippen LogP contribution in [0.4, 0.5) is 5.69 Å². The highest BCUT2D eigenvalue weighted by atomic mass is 35.5. The molecule has 0 bridgehead atoms. The Bertz CT molecular complexity index is 632. The number of likely N-dealkylation sites (N-methyl/N-ethyl adjacent to an activating group) is 2. The van der Waals surface area contributed by atoms with Gasteiger partial charge in [0.05, 0.1) is 13.2 Å². The van der Waals surface area contributed by atoms with Crippen molar-refractivity contribution >= 4 is 23.2 Å². The molecular weight excluding hydrogens is 324 g/mol. The maximum atomic E-state index is 12.3. The molecule has 0 spiro atoms. The average Bonchev–Trinajstić information content (AvgIpc) is 2.60. The van der Waals surface area contributed by atoms with Gasteiger partial charge in [-0.15, -0.1) is 0 Å². The van der Waals surface area contributed by atoms with Gasteiger partial charge in [0.1, 0.15) is 5.75 Å². The Morgan fingerprint density at radius 3 is 2.38 bits per heavy atom. The lowest BCUT2D eigenvalue weighted by molar-refractivity contribution is -0.119. The molecule has 2 aromatic rings. The standard InChI is InChI=1S/C19H23ClN2O2/c1-21(13-6-14-24-18-11-9-16(20)10-12-18)15-19(23)22(2)17-7-4-3-5-8-17/h3-5,7-12H,6,13-15H2,1-2H3. The Morgan fingerprint density at radius 2 is 1.71 bits per heavy atom. The first-order valence-corrected chi connectivity index (χ1v) is 8.32. The molecule has 4 nitrogen and oxygen atoms in total. The van der Waals surface area contributed by atoms with Gasteiger partial charge in [-0.3, -0.25) is 9.69 Å². The molecular formula is C19H23ClN2O2. The number of hydrogen-bond acceptors (Lipinski definition) is 3. The highest BCUT2D eigenvalue weighted by Gasteiger charge is 2.12. The smallest absolute Gasteiger partial charge is 0.240 e. The molecule has 0 fully saturated rings. The number of para-hydroxylation sites is 1. The summed E-state index contributed by atoms with van der Waals surface area (Å²) in [4.78, 5) is 16.0. The van der Waals surface area contributed by atoms with Crippen LogP contribution in [0.5, 0.6) is 5.75 Å². The molecule has 2 aromatic carbocycles. The van der Waals surface area contributed by atoms with Crippen LogP contribution in [0, 0.1) is 0 Å². The minimum absolute atomic E-state index is 0.0716. The van der Waals surface area contributed by atoms with Crippen LogP contribution >= 0.6 is 11.6 Å². The van der Waals surface area contributed by atoms with E-state index in [9.17, 15) is 4.79 Å². The minimum Gasteiger partial charge on any atom is -0.494 e. The van der Waals surface area contributed by atoms with Crippen molar-refractivity contribution < 1.29 is 9.53 Å². The summed E-state index contributed by atoms with van der Waals surface area (Å²) < 4.78 is 5.65. The predicted molar refractivity (Wildman–Crippen MR) is 98.9 cm³/mol. The predicted octanol–water partition coefficient (Wildman–Crippen LogP) is 3.70. The highest BCUT2D eigenvalue weighted by molar-refractivity contribution is 6.30. The molecule has 0 aromatic heterocycles. The zero-order chi connectivity index (χ0) is 17.4. The molecule has 24 heavy (non-hydrogen) atoms. The Kier molecular flexibility index (Phi) is 7.09. The number of ether oxygens (including phenoxy) is 1. The van der Waals surface area contributed by atoms with E-state index in [-0.39, 0.29) is 5.91 Å². The third-order valence-corrected chi connectivity index (χ3v) is 3.94. The summed E-state index contributed by atoms with van der Waals surface area (Å²) in [6, 6.07) is 17.0. The second-order valence-electron chi connectivity index (χ2n) is 5.68. The number of anilines is 1. The third kappa shape index (κ3) is 5.87. The Hall–Kier alpha value is -2.04. The largest absolute Gasteiger partial charge is 0.494 e. The van der Waals surface area contributed by atoms with Crippen molar-refractivity contribution in [2.24, 2.45) is 0 Å². The van der Waals surface area contributed by atoms with Gasteiger partial charge in [0.2, 0.25) is 5.91 Å². The molecule has 5 heteroatoms. The first kappa shape index (κ1) is 18.3. The van der Waals surface area contributed by atoms with Crippen LogP contribution < -0.4 is 9.64 Å². The van der Waals surface area contributed by atoms with E-state index in [1.54, 1.807) is 24.1 Å². The van der Waals surface area contributed by atoms with Crippen LogP contribution in [-0.2, 0) is 4.79 Å². The molecule has 0 unspecified atom stereocenters. The summed E-state index contributed by atoms with van der Waals surface area (Å²) in [5, 5.41) is 0.697. The first-order valence-electron chi connectivity index (χ1n) is 7.95. The van der Waals surface area contributed by atoms with Crippen molar-refractivity contribution in [3.05, 3.63) is 59.6 Å². The number of benzene rings is 2. The molecule has 0 radical (unpaired) electrons. The van der Waals surface area contributed by atoms with Crippen molar-refractivity contribution in [1.29, 1.82) is 0 Å². The van der Waals surface area contributed by atoms with Gasteiger partial charge in [-0.25, -0.2) is 0 Å². The Morgan fingerprint density at radius 1 is 1.04 bits per heavy atom. The van der Waals surface area contributed by atoms with E-state index in [1.165, 1.54) is 0 Å². The normalized spacial score (nSPS) is 10.7. The van der Waals surface area contributed by atoms with E-state index in [0.29, 0.717) is 18.2 Å². The number of carbonyl (C=O) groups is 1. The topological polar surface area (TPSA) is 32.8 Å². The van der Waals surface area contributed by atoms with Crippen molar-refractivity contribution in [2.75, 3.05) is 38.7 Å². The quantitative estimate of drug-likeness (QED) is 0.683. The van der Waals surface area contributed by atoms with Crippen LogP contribution in [-0.4, -0.2) is 44.6 Å². The van der Waals surface area contributed by atoms with Crippen LogP contribution in [0.1, 0.15) is 6.42 Å². The van der Waals surface area contributed by atoms with Gasteiger partial charge in [0.25, 0.3) is 0 Å². The third-order valence-electron chi connectivity index (χ3n) is 3.69. The molecule has 128 valence electrons. The molecule has 0 heterocycles. The van der Waals surface area contributed by atoms with Crippen LogP contribution in [0.2, 0.25) is 5.02 Å². The van der Waals surface area contributed by atoms with E-state index in [0.717, 1.165) is 24.4 Å². The summed E-state index contributed by atoms with van der Waals surface area (Å²) >= 11 is 5.83. The lowest BCUT2D eigenvalue weighted by Crippen LogP contribution is -2.37. The maximum absolute atomic E-state index is 12.3. The summed E-state index contributed by atoms with van der Waals surface area (Å²) in [6.07, 6.45) is 0.849. The number of nitrogens with zero attached hydrogens (tertiary/aromatic N) is 2. The molecule has 0 N–H and O–H groups in total. The van der Waals surface area contributed by atoms with Gasteiger partial charge < -0.3 is 9.64 Å². The molecule has 0 aliphatic heterocycles. The molecule has 0 saturated carbocycles. The van der Waals surface area contributed by atoms with Gasteiger partial charge in [-0.1, -0.05) is 29.8 Å². The van der Waals surface area contributed by atoms with Gasteiger partial charge in [-0.2, -0.15) is 0 Å². The fraction of sp³-hybridized carbons (Fsp3) is 0.316. The van der Waals surface area contributed by atoms with E-state index in [4.69, 9.17) is 16.3 Å². The molecule has 1 amide bonds. The molecule has 0 saturated heterocycles. The number of rotatable bonds is 8. The van der Waals surface area contributed by atoms with Crippen molar-refractivity contribution in [2.45, 2.75) is 6.42 Å². The molecule has 0 aliphatic rings. The highest BCUT2D eigenvalue weighted by Crippen LogP contribution is 2.15. The number of amides is 1. The molecule has 0 atom stereocenters. The van der Waals surface area contributed by atoms with Crippen LogP contribution in [0.3, 0.4) is 0 Å². The summed E-state index contributed by atoms with van der Waals surface area (Å²) in [6.45, 7) is 1.78. The van der Waals surface area contributed by atoms with E-state index in [2.05, 4.69) is 0 Å². The number of hydrogen-bond donors (Lipinski definition) is 0. The summed E-state index contributed by atoms with van der Waals surface area (Å²) in [5.74, 6) is 0.879. The fourth-order valence-electron chi connectivity index (χ4n) is 2.27. The first-order chi connectivity index (χ1) is 11.6. The monoisotopic (exact) mass is 346 g/mol. The number of carbonyl (C=O) groups excluding carboxylic acids is 1. The zero-order valence-electron chi connectivity index (χ0n) is 14.1. The minimum atomic E-state index is 0.0716. The van der Waals surface area contributed by atoms with Crippen LogP contribution in [0.15, 0.2) is 54.6 Å². The SMILES string of the molecule is CN(CCCOc1ccc(Cl)cc1)CC(=O)N(C)c1ccccc1. The van der Waals surface area contributed by atoms with Gasteiger partial charge >= 0.3 is 0 Å². The van der Waals surface area contributed by atoms with Crippen molar-refractivity contribution in [1.82, 2.24) is 4.90 Å². The average molecular weight is 347 g/mol.